The number of hydrogen-bond acceptors (Lipinski definition) is 2. The molecule has 0 amide bonds. The monoisotopic (exact) mass is 283 g/mol. The lowest BCUT2D eigenvalue weighted by Gasteiger charge is -2.06. The molecule has 5 nitrogen and oxygen atoms in total. The molecule has 1 aromatic carbocycles. The Bertz CT molecular complexity index is 956. The topological polar surface area (TPSA) is 48.9 Å². The van der Waals surface area contributed by atoms with Crippen molar-refractivity contribution in [2.75, 3.05) is 0 Å². The Morgan fingerprint density at radius 3 is 2.14 bits per heavy atom. The Labute approximate surface area is 121 Å². The Morgan fingerprint density at radius 2 is 1.52 bits per heavy atom. The van der Waals surface area contributed by atoms with Crippen LogP contribution in [0.25, 0.3) is 22.2 Å². The van der Waals surface area contributed by atoms with Gasteiger partial charge >= 0.3 is 5.69 Å². The summed E-state index contributed by atoms with van der Waals surface area (Å²) in [6, 6.07) is 8.02. The number of benzene rings is 1. The molecule has 3 aromatic rings. The molecule has 5 heteroatoms. The maximum absolute atomic E-state index is 12.5. The molecule has 0 spiro atoms. The summed E-state index contributed by atoms with van der Waals surface area (Å²) < 4.78 is 4.56. The summed E-state index contributed by atoms with van der Waals surface area (Å²) in [6.45, 7) is 2.02. The summed E-state index contributed by atoms with van der Waals surface area (Å²) >= 11 is 0. The lowest BCUT2D eigenvalue weighted by atomic mass is 10.1. The van der Waals surface area contributed by atoms with Crippen molar-refractivity contribution in [3.8, 4) is 11.3 Å². The van der Waals surface area contributed by atoms with Crippen molar-refractivity contribution in [1.82, 2.24) is 13.7 Å². The lowest BCUT2D eigenvalue weighted by molar-refractivity contribution is 0.714. The van der Waals surface area contributed by atoms with Gasteiger partial charge in [0.15, 0.2) is 0 Å². The lowest BCUT2D eigenvalue weighted by Crippen LogP contribution is -2.36. The van der Waals surface area contributed by atoms with Crippen molar-refractivity contribution < 1.29 is 0 Å². The van der Waals surface area contributed by atoms with Crippen molar-refractivity contribution in [2.45, 2.75) is 6.92 Å². The fraction of sp³-hybridized carbons (Fsp3) is 0.250. The van der Waals surface area contributed by atoms with Gasteiger partial charge in [0.05, 0.1) is 16.6 Å². The van der Waals surface area contributed by atoms with E-state index in [0.717, 1.165) is 21.4 Å². The van der Waals surface area contributed by atoms with Crippen LogP contribution in [0.15, 0.2) is 40.1 Å². The molecule has 0 saturated carbocycles. The number of nitrogens with zero attached hydrogens (tertiary/aromatic N) is 3. The average Bonchev–Trinajstić information content (AvgIpc) is 2.81. The van der Waals surface area contributed by atoms with Crippen LogP contribution in [0.2, 0.25) is 0 Å². The minimum absolute atomic E-state index is 0.260. The van der Waals surface area contributed by atoms with Crippen LogP contribution in [0, 0.1) is 6.92 Å². The van der Waals surface area contributed by atoms with E-state index in [1.54, 1.807) is 7.05 Å². The highest BCUT2D eigenvalue weighted by Crippen LogP contribution is 2.27. The second kappa shape index (κ2) is 4.48. The Hall–Kier alpha value is -2.56. The zero-order valence-electron chi connectivity index (χ0n) is 12.5. The largest absolute Gasteiger partial charge is 0.348 e. The Morgan fingerprint density at radius 1 is 0.905 bits per heavy atom. The van der Waals surface area contributed by atoms with Crippen molar-refractivity contribution in [3.63, 3.8) is 0 Å². The quantitative estimate of drug-likeness (QED) is 0.680. The van der Waals surface area contributed by atoms with E-state index in [2.05, 4.69) is 0 Å². The predicted molar refractivity (Wildman–Crippen MR) is 83.6 cm³/mol. The summed E-state index contributed by atoms with van der Waals surface area (Å²) in [5.74, 6) is 0. The van der Waals surface area contributed by atoms with Crippen molar-refractivity contribution in [1.29, 1.82) is 0 Å². The normalized spacial score (nSPS) is 11.2. The van der Waals surface area contributed by atoms with Crippen molar-refractivity contribution in [2.24, 2.45) is 21.1 Å². The number of aryl methyl sites for hydroxylation is 3. The third-order valence-corrected chi connectivity index (χ3v) is 3.94. The van der Waals surface area contributed by atoms with Gasteiger partial charge in [-0.2, -0.15) is 0 Å². The van der Waals surface area contributed by atoms with E-state index in [1.165, 1.54) is 11.6 Å². The zero-order chi connectivity index (χ0) is 15.3. The van der Waals surface area contributed by atoms with Crippen LogP contribution in [-0.4, -0.2) is 13.7 Å². The maximum atomic E-state index is 12.5. The highest BCUT2D eigenvalue weighted by atomic mass is 16.2. The van der Waals surface area contributed by atoms with Gasteiger partial charge in [0.25, 0.3) is 5.56 Å². The van der Waals surface area contributed by atoms with E-state index in [0.29, 0.717) is 10.9 Å². The van der Waals surface area contributed by atoms with Crippen LogP contribution in [0.3, 0.4) is 0 Å². The van der Waals surface area contributed by atoms with Gasteiger partial charge in [-0.05, 0) is 12.5 Å². The van der Waals surface area contributed by atoms with Crippen molar-refractivity contribution in [3.05, 3.63) is 56.9 Å². The standard InChI is InChI=1S/C16H17N3O2/c1-10-5-7-11(8-6-10)14-13-12(9-17(14)2)18(3)16(21)19(4)15(13)20/h5-9H,1-4H3. The molecule has 0 aliphatic rings. The SMILES string of the molecule is Cc1ccc(-c2c3c(=O)n(C)c(=O)n(C)c3cn2C)cc1. The molecule has 0 aliphatic heterocycles. The molecular weight excluding hydrogens is 266 g/mol. The molecule has 2 heterocycles. The fourth-order valence-corrected chi connectivity index (χ4v) is 2.72. The molecule has 108 valence electrons. The second-order valence-corrected chi connectivity index (χ2v) is 5.42. The van der Waals surface area contributed by atoms with E-state index in [9.17, 15) is 9.59 Å². The molecular formula is C16H17N3O2. The van der Waals surface area contributed by atoms with Gasteiger partial charge < -0.3 is 4.57 Å². The maximum Gasteiger partial charge on any atom is 0.330 e. The minimum atomic E-state index is -0.312. The summed E-state index contributed by atoms with van der Waals surface area (Å²) in [7, 11) is 5.08. The van der Waals surface area contributed by atoms with Gasteiger partial charge in [0.1, 0.15) is 0 Å². The van der Waals surface area contributed by atoms with Crippen LogP contribution in [0.1, 0.15) is 5.56 Å². The summed E-state index contributed by atoms with van der Waals surface area (Å²) in [6.07, 6.45) is 1.83. The van der Waals surface area contributed by atoms with E-state index in [-0.39, 0.29) is 11.2 Å². The van der Waals surface area contributed by atoms with Gasteiger partial charge in [-0.1, -0.05) is 29.8 Å². The van der Waals surface area contributed by atoms with Gasteiger partial charge in [-0.25, -0.2) is 4.79 Å². The Balaban J connectivity index is 2.50. The van der Waals surface area contributed by atoms with E-state index >= 15 is 0 Å². The van der Waals surface area contributed by atoms with Gasteiger partial charge in [0, 0.05) is 27.3 Å². The van der Waals surface area contributed by atoms with Crippen LogP contribution >= 0.6 is 0 Å². The molecule has 3 rings (SSSR count). The molecule has 2 aromatic heterocycles. The number of aromatic nitrogens is 3. The van der Waals surface area contributed by atoms with Gasteiger partial charge in [0.2, 0.25) is 0 Å². The summed E-state index contributed by atoms with van der Waals surface area (Å²) in [4.78, 5) is 24.5. The van der Waals surface area contributed by atoms with Crippen LogP contribution in [0.5, 0.6) is 0 Å². The average molecular weight is 283 g/mol. The van der Waals surface area contributed by atoms with Crippen LogP contribution in [-0.2, 0) is 21.1 Å². The third kappa shape index (κ3) is 1.85. The fourth-order valence-electron chi connectivity index (χ4n) is 2.72. The second-order valence-electron chi connectivity index (χ2n) is 5.42. The van der Waals surface area contributed by atoms with E-state index in [1.807, 2.05) is 49.0 Å². The number of rotatable bonds is 1. The first-order chi connectivity index (χ1) is 9.91. The van der Waals surface area contributed by atoms with E-state index in [4.69, 9.17) is 0 Å². The Kier molecular flexibility index (Phi) is 2.86. The molecule has 0 unspecified atom stereocenters. The first-order valence-electron chi connectivity index (χ1n) is 6.74. The molecule has 0 fully saturated rings. The predicted octanol–water partition coefficient (Wildman–Crippen LogP) is 1.55. The first kappa shape index (κ1) is 13.4. The molecule has 0 aliphatic carbocycles. The molecule has 21 heavy (non-hydrogen) atoms. The first-order valence-corrected chi connectivity index (χ1v) is 6.74. The van der Waals surface area contributed by atoms with Crippen LogP contribution < -0.4 is 11.2 Å². The summed E-state index contributed by atoms with van der Waals surface area (Å²) in [5, 5.41) is 0.575. The molecule has 0 radical (unpaired) electrons. The number of fused-ring (bicyclic) bond motifs is 1. The van der Waals surface area contributed by atoms with Gasteiger partial charge in [-0.3, -0.25) is 13.9 Å². The molecule has 0 bridgehead atoms. The molecule has 0 saturated heterocycles. The van der Waals surface area contributed by atoms with E-state index < -0.39 is 0 Å². The molecule has 0 N–H and O–H groups in total. The highest BCUT2D eigenvalue weighted by molar-refractivity contribution is 5.93. The summed E-state index contributed by atoms with van der Waals surface area (Å²) in [5.41, 5.74) is 3.05. The van der Waals surface area contributed by atoms with Gasteiger partial charge in [-0.15, -0.1) is 0 Å². The zero-order valence-corrected chi connectivity index (χ0v) is 12.5. The highest BCUT2D eigenvalue weighted by Gasteiger charge is 2.17. The minimum Gasteiger partial charge on any atom is -0.348 e. The molecule has 0 atom stereocenters. The number of hydrogen-bond donors (Lipinski definition) is 0. The van der Waals surface area contributed by atoms with Crippen LogP contribution in [0.4, 0.5) is 0 Å². The third-order valence-electron chi connectivity index (χ3n) is 3.94. The van der Waals surface area contributed by atoms with Crippen molar-refractivity contribution >= 4 is 10.9 Å². The smallest absolute Gasteiger partial charge is 0.330 e.